The van der Waals surface area contributed by atoms with Crippen molar-refractivity contribution in [3.63, 3.8) is 0 Å². The highest BCUT2D eigenvalue weighted by Crippen LogP contribution is 2.27. The molecular formula is C9H12N2O3. The van der Waals surface area contributed by atoms with Gasteiger partial charge in [0.15, 0.2) is 0 Å². The van der Waals surface area contributed by atoms with E-state index in [1.165, 1.54) is 12.1 Å². The Labute approximate surface area is 81.7 Å². The molecule has 0 heterocycles. The molecule has 0 saturated carbocycles. The number of hydroxylamine groups is 1. The monoisotopic (exact) mass is 196 g/mol. The van der Waals surface area contributed by atoms with E-state index in [9.17, 15) is 15.3 Å². The van der Waals surface area contributed by atoms with E-state index in [1.807, 2.05) is 0 Å². The summed E-state index contributed by atoms with van der Waals surface area (Å²) in [5.41, 5.74) is 0.947. The molecule has 0 aliphatic rings. The lowest BCUT2D eigenvalue weighted by atomic mass is 10.2. The molecule has 14 heavy (non-hydrogen) atoms. The predicted molar refractivity (Wildman–Crippen MR) is 52.6 cm³/mol. The van der Waals surface area contributed by atoms with Gasteiger partial charge in [0.1, 0.15) is 5.69 Å². The van der Waals surface area contributed by atoms with Gasteiger partial charge in [-0.3, -0.25) is 20.4 Å². The van der Waals surface area contributed by atoms with Crippen LogP contribution in [-0.2, 0) is 0 Å². The van der Waals surface area contributed by atoms with Gasteiger partial charge in [-0.25, -0.2) is 0 Å². The molecular weight excluding hydrogens is 184 g/mol. The third-order valence-corrected chi connectivity index (χ3v) is 1.91. The fourth-order valence-electron chi connectivity index (χ4n) is 1.17. The molecule has 1 aromatic rings. The van der Waals surface area contributed by atoms with Crippen LogP contribution in [0.25, 0.3) is 0 Å². The average Bonchev–Trinajstić information content (AvgIpc) is 2.16. The van der Waals surface area contributed by atoms with Crippen molar-refractivity contribution in [3.8, 4) is 0 Å². The Morgan fingerprint density at radius 3 is 2.71 bits per heavy atom. The molecule has 5 nitrogen and oxygen atoms in total. The predicted octanol–water partition coefficient (Wildman–Crippen LogP) is 2.12. The molecule has 0 aliphatic carbocycles. The maximum absolute atomic E-state index is 10.7. The second-order valence-corrected chi connectivity index (χ2v) is 2.97. The fourth-order valence-corrected chi connectivity index (χ4v) is 1.17. The van der Waals surface area contributed by atoms with Crippen molar-refractivity contribution in [1.82, 2.24) is 0 Å². The van der Waals surface area contributed by atoms with Crippen LogP contribution in [-0.4, -0.2) is 16.7 Å². The topological polar surface area (TPSA) is 66.6 Å². The first-order valence-electron chi connectivity index (χ1n) is 4.27. The van der Waals surface area contributed by atoms with Crippen LogP contribution < -0.4 is 5.06 Å². The molecule has 0 amide bonds. The molecule has 0 fully saturated rings. The molecule has 0 unspecified atom stereocenters. The van der Waals surface area contributed by atoms with Crippen LogP contribution in [0, 0.1) is 17.0 Å². The maximum Gasteiger partial charge on any atom is 0.295 e. The van der Waals surface area contributed by atoms with E-state index < -0.39 is 4.92 Å². The highest BCUT2D eigenvalue weighted by atomic mass is 16.6. The van der Waals surface area contributed by atoms with Crippen molar-refractivity contribution in [2.24, 2.45) is 0 Å². The zero-order valence-electron chi connectivity index (χ0n) is 8.10. The maximum atomic E-state index is 10.7. The van der Waals surface area contributed by atoms with E-state index in [0.717, 1.165) is 10.6 Å². The van der Waals surface area contributed by atoms with Gasteiger partial charge in [0, 0.05) is 12.6 Å². The Morgan fingerprint density at radius 2 is 2.21 bits per heavy atom. The summed E-state index contributed by atoms with van der Waals surface area (Å²) in [4.78, 5) is 10.2. The first-order valence-corrected chi connectivity index (χ1v) is 4.27. The van der Waals surface area contributed by atoms with Gasteiger partial charge in [0.05, 0.1) is 4.92 Å². The standard InChI is InChI=1S/C9H12N2O3/c1-3-10(12)8-5-4-7(2)6-9(8)11(13)14/h4-6,12H,3H2,1-2H3. The van der Waals surface area contributed by atoms with Gasteiger partial charge in [-0.05, 0) is 25.5 Å². The first kappa shape index (κ1) is 10.5. The summed E-state index contributed by atoms with van der Waals surface area (Å²) < 4.78 is 0. The molecule has 0 radical (unpaired) electrons. The minimum atomic E-state index is -0.499. The highest BCUT2D eigenvalue weighted by molar-refractivity contribution is 5.62. The zero-order chi connectivity index (χ0) is 10.7. The average molecular weight is 196 g/mol. The van der Waals surface area contributed by atoms with Crippen molar-refractivity contribution in [2.45, 2.75) is 13.8 Å². The van der Waals surface area contributed by atoms with E-state index >= 15 is 0 Å². The molecule has 0 aliphatic heterocycles. The Balaban J connectivity index is 3.21. The van der Waals surface area contributed by atoms with Crippen molar-refractivity contribution < 1.29 is 10.1 Å². The van der Waals surface area contributed by atoms with E-state index in [4.69, 9.17) is 0 Å². The lowest BCUT2D eigenvalue weighted by Gasteiger charge is -2.14. The lowest BCUT2D eigenvalue weighted by Crippen LogP contribution is -2.18. The molecule has 0 saturated heterocycles. The molecule has 0 spiro atoms. The second-order valence-electron chi connectivity index (χ2n) is 2.97. The van der Waals surface area contributed by atoms with Gasteiger partial charge in [-0.15, -0.1) is 0 Å². The number of hydrogen-bond acceptors (Lipinski definition) is 4. The Kier molecular flexibility index (Phi) is 3.03. The minimum Gasteiger partial charge on any atom is -0.288 e. The summed E-state index contributed by atoms with van der Waals surface area (Å²) in [7, 11) is 0. The quantitative estimate of drug-likeness (QED) is 0.594. The number of benzene rings is 1. The minimum absolute atomic E-state index is 0.0747. The molecule has 1 rings (SSSR count). The van der Waals surface area contributed by atoms with E-state index in [2.05, 4.69) is 0 Å². The Bertz CT molecular complexity index is 352. The molecule has 0 atom stereocenters. The first-order chi connectivity index (χ1) is 6.56. The van der Waals surface area contributed by atoms with Crippen LogP contribution in [0.4, 0.5) is 11.4 Å². The smallest absolute Gasteiger partial charge is 0.288 e. The fraction of sp³-hybridized carbons (Fsp3) is 0.333. The summed E-state index contributed by atoms with van der Waals surface area (Å²) in [5, 5.41) is 20.9. The molecule has 0 aromatic heterocycles. The summed E-state index contributed by atoms with van der Waals surface area (Å²) >= 11 is 0. The van der Waals surface area contributed by atoms with Crippen molar-refractivity contribution in [1.29, 1.82) is 0 Å². The van der Waals surface area contributed by atoms with Gasteiger partial charge in [0.25, 0.3) is 5.69 Å². The van der Waals surface area contributed by atoms with Gasteiger partial charge in [-0.1, -0.05) is 6.07 Å². The van der Waals surface area contributed by atoms with Crippen molar-refractivity contribution in [3.05, 3.63) is 33.9 Å². The SMILES string of the molecule is CCN(O)c1ccc(C)cc1[N+](=O)[O-]. The van der Waals surface area contributed by atoms with Crippen LogP contribution in [0.15, 0.2) is 18.2 Å². The molecule has 1 N–H and O–H groups in total. The number of hydrogen-bond donors (Lipinski definition) is 1. The van der Waals surface area contributed by atoms with Crippen LogP contribution in [0.1, 0.15) is 12.5 Å². The van der Waals surface area contributed by atoms with E-state index in [1.54, 1.807) is 19.9 Å². The molecule has 0 bridgehead atoms. The summed E-state index contributed by atoms with van der Waals surface area (Å²) in [6.45, 7) is 3.79. The van der Waals surface area contributed by atoms with Gasteiger partial charge in [-0.2, -0.15) is 0 Å². The van der Waals surface area contributed by atoms with Gasteiger partial charge in [0.2, 0.25) is 0 Å². The van der Waals surface area contributed by atoms with Crippen molar-refractivity contribution in [2.75, 3.05) is 11.6 Å². The largest absolute Gasteiger partial charge is 0.295 e. The number of rotatable bonds is 3. The third-order valence-electron chi connectivity index (χ3n) is 1.91. The number of anilines is 1. The lowest BCUT2D eigenvalue weighted by molar-refractivity contribution is -0.384. The molecule has 5 heteroatoms. The van der Waals surface area contributed by atoms with Crippen LogP contribution in [0.5, 0.6) is 0 Å². The number of nitro benzene ring substituents is 1. The van der Waals surface area contributed by atoms with Crippen LogP contribution in [0.2, 0.25) is 0 Å². The summed E-state index contributed by atoms with van der Waals surface area (Å²) in [6.07, 6.45) is 0. The highest BCUT2D eigenvalue weighted by Gasteiger charge is 2.17. The van der Waals surface area contributed by atoms with Crippen LogP contribution >= 0.6 is 0 Å². The van der Waals surface area contributed by atoms with E-state index in [0.29, 0.717) is 6.54 Å². The number of aryl methyl sites for hydroxylation is 1. The third kappa shape index (κ3) is 2.00. The second kappa shape index (κ2) is 4.06. The Hall–Kier alpha value is -1.62. The van der Waals surface area contributed by atoms with Crippen LogP contribution in [0.3, 0.4) is 0 Å². The number of nitro groups is 1. The molecule has 76 valence electrons. The Morgan fingerprint density at radius 1 is 1.57 bits per heavy atom. The molecule has 1 aromatic carbocycles. The normalized spacial score (nSPS) is 9.93. The van der Waals surface area contributed by atoms with E-state index in [-0.39, 0.29) is 11.4 Å². The van der Waals surface area contributed by atoms with Gasteiger partial charge >= 0.3 is 0 Å². The number of nitrogens with zero attached hydrogens (tertiary/aromatic N) is 2. The van der Waals surface area contributed by atoms with Gasteiger partial charge < -0.3 is 0 Å². The summed E-state index contributed by atoms with van der Waals surface area (Å²) in [5.74, 6) is 0. The summed E-state index contributed by atoms with van der Waals surface area (Å²) in [6, 6.07) is 4.70. The zero-order valence-corrected chi connectivity index (χ0v) is 8.10. The van der Waals surface area contributed by atoms with Crippen molar-refractivity contribution >= 4 is 11.4 Å².